The number of carbonyl (C=O) groups is 2. The van der Waals surface area contributed by atoms with Crippen LogP contribution in [0, 0.1) is 23.7 Å². The number of Topliss-reactive ketones (excluding diaryl/α,β-unsaturated/α-hetero) is 2. The molecule has 0 fully saturated rings. The quantitative estimate of drug-likeness (QED) is 0.211. The van der Waals surface area contributed by atoms with Gasteiger partial charge in [-0.1, -0.05) is 50.3 Å². The first-order chi connectivity index (χ1) is 12.2. The second-order valence-electron chi connectivity index (χ2n) is 9.61. The maximum Gasteiger partial charge on any atom is 0.138 e. The summed E-state index contributed by atoms with van der Waals surface area (Å²) in [6.07, 6.45) is 2.03. The summed E-state index contributed by atoms with van der Waals surface area (Å²) in [6, 6.07) is 0. The van der Waals surface area contributed by atoms with Gasteiger partial charge in [0.2, 0.25) is 0 Å². The molecule has 0 amide bonds. The van der Waals surface area contributed by atoms with Gasteiger partial charge in [0.1, 0.15) is 11.6 Å². The molecule has 2 atom stereocenters. The summed E-state index contributed by atoms with van der Waals surface area (Å²) < 4.78 is 0.872. The van der Waals surface area contributed by atoms with Gasteiger partial charge in [-0.2, -0.15) is 0 Å². The summed E-state index contributed by atoms with van der Waals surface area (Å²) in [5, 5.41) is 0. The second kappa shape index (κ2) is 19.7. The van der Waals surface area contributed by atoms with Gasteiger partial charge in [0, 0.05) is 12.5 Å². The van der Waals surface area contributed by atoms with Crippen LogP contribution in [0.25, 0.3) is 0 Å². The summed E-state index contributed by atoms with van der Waals surface area (Å²) >= 11 is 2.15. The molecule has 0 rings (SSSR count). The first-order valence-electron chi connectivity index (χ1n) is 9.99. The van der Waals surface area contributed by atoms with Gasteiger partial charge in [-0.05, 0) is 57.6 Å². The van der Waals surface area contributed by atoms with Gasteiger partial charge in [-0.15, -0.1) is 0 Å². The Morgan fingerprint density at radius 3 is 1.36 bits per heavy atom. The molecule has 6 heteroatoms. The molecule has 0 aromatic rings. The van der Waals surface area contributed by atoms with E-state index in [1.54, 1.807) is 13.8 Å². The molecule has 4 nitrogen and oxygen atoms in total. The molecule has 0 aliphatic rings. The first kappa shape index (κ1) is 36.1. The number of rotatable bonds is 10. The van der Waals surface area contributed by atoms with Crippen molar-refractivity contribution in [3.05, 3.63) is 0 Å². The van der Waals surface area contributed by atoms with E-state index in [-0.39, 0.29) is 35.8 Å². The van der Waals surface area contributed by atoms with E-state index in [1.807, 2.05) is 19.0 Å². The number of carbonyl (C=O) groups excluding carboxylic acids is 2. The maximum absolute atomic E-state index is 11.3. The van der Waals surface area contributed by atoms with Crippen molar-refractivity contribution in [2.24, 2.45) is 23.7 Å². The number of nitrogens with zero attached hydrogens (tertiary/aromatic N) is 2. The Morgan fingerprint density at radius 2 is 1.14 bits per heavy atom. The topological polar surface area (TPSA) is 37.4 Å². The van der Waals surface area contributed by atoms with Crippen LogP contribution < -0.4 is 24.0 Å². The van der Waals surface area contributed by atoms with Crippen LogP contribution in [-0.2, 0) is 9.59 Å². The largest absolute Gasteiger partial charge is 1.00 e. The maximum atomic E-state index is 11.3. The average molecular weight is 626 g/mol. The highest BCUT2D eigenvalue weighted by Gasteiger charge is 2.22. The van der Waals surface area contributed by atoms with Crippen molar-refractivity contribution in [3.63, 3.8) is 0 Å². The summed E-state index contributed by atoms with van der Waals surface area (Å²) in [7, 11) is 10.4. The minimum Gasteiger partial charge on any atom is -1.00 e. The van der Waals surface area contributed by atoms with Crippen molar-refractivity contribution in [1.82, 2.24) is 4.90 Å². The second-order valence-corrected chi connectivity index (χ2v) is 9.61. The third-order valence-corrected chi connectivity index (χ3v) is 4.02. The lowest BCUT2D eigenvalue weighted by atomic mass is 9.93. The standard InChI is InChI=1S/C11H24NO.C10H21NO.CH3I.HI/c1-9(2)7-11(10(3)13)8-12(4,5)6;1-8(2)6-10(9(3)12)7-11(4)5;1-2;/h9,11H,7-8H2,1-6H3;8,10H,6-7H2,1-5H3;1H3;1H/q+1;;;/p-1. The third kappa shape index (κ3) is 26.7. The highest BCUT2D eigenvalue weighted by molar-refractivity contribution is 14.1. The fourth-order valence-corrected chi connectivity index (χ4v) is 2.98. The number of alkyl halides is 1. The van der Waals surface area contributed by atoms with Gasteiger partial charge >= 0.3 is 0 Å². The van der Waals surface area contributed by atoms with Crippen LogP contribution in [-0.4, -0.2) is 74.2 Å². The SMILES string of the molecule is CC(=O)C(CC(C)C)CN(C)C.CC(=O)C(CC(C)C)C[N+](C)(C)C.CI.[I-]. The summed E-state index contributed by atoms with van der Waals surface area (Å²) in [6.45, 7) is 13.9. The van der Waals surface area contributed by atoms with E-state index in [9.17, 15) is 9.59 Å². The molecule has 0 N–H and O–H groups in total. The fraction of sp³-hybridized carbons (Fsp3) is 0.909. The lowest BCUT2D eigenvalue weighted by Crippen LogP contribution is -3.00. The predicted octanol–water partition coefficient (Wildman–Crippen LogP) is 1.80. The van der Waals surface area contributed by atoms with Crippen molar-refractivity contribution in [1.29, 1.82) is 0 Å². The van der Waals surface area contributed by atoms with Crippen LogP contribution in [0.2, 0.25) is 0 Å². The molecule has 0 radical (unpaired) electrons. The zero-order valence-corrected chi connectivity index (χ0v) is 24.9. The van der Waals surface area contributed by atoms with Crippen LogP contribution in [0.3, 0.4) is 0 Å². The number of ketones is 2. The van der Waals surface area contributed by atoms with Crippen LogP contribution in [0.5, 0.6) is 0 Å². The predicted molar refractivity (Wildman–Crippen MR) is 129 cm³/mol. The summed E-state index contributed by atoms with van der Waals surface area (Å²) in [4.78, 5) is 26.6. The van der Waals surface area contributed by atoms with E-state index in [0.29, 0.717) is 23.4 Å². The molecule has 0 aromatic carbocycles. The lowest BCUT2D eigenvalue weighted by Gasteiger charge is -2.28. The molecule has 0 bridgehead atoms. The van der Waals surface area contributed by atoms with Gasteiger partial charge in [0.05, 0.1) is 33.6 Å². The highest BCUT2D eigenvalue weighted by atomic mass is 127. The normalized spacial score (nSPS) is 13.0. The van der Waals surface area contributed by atoms with Gasteiger partial charge in [0.15, 0.2) is 0 Å². The molecular formula is C22H48I2N2O2. The average Bonchev–Trinajstić information content (AvgIpc) is 2.45. The van der Waals surface area contributed by atoms with E-state index in [2.05, 4.69) is 76.3 Å². The Kier molecular flexibility index (Phi) is 25.4. The Morgan fingerprint density at radius 1 is 0.821 bits per heavy atom. The Hall–Kier alpha value is 0.720. The zero-order valence-electron chi connectivity index (χ0n) is 20.6. The van der Waals surface area contributed by atoms with Crippen LogP contribution >= 0.6 is 22.6 Å². The van der Waals surface area contributed by atoms with Gasteiger partial charge in [-0.25, -0.2) is 0 Å². The lowest BCUT2D eigenvalue weighted by molar-refractivity contribution is -0.872. The zero-order chi connectivity index (χ0) is 22.4. The molecular weight excluding hydrogens is 578 g/mol. The summed E-state index contributed by atoms with van der Waals surface area (Å²) in [5.41, 5.74) is 0. The molecule has 0 spiro atoms. The van der Waals surface area contributed by atoms with Crippen molar-refractivity contribution >= 4 is 34.2 Å². The number of halogens is 2. The Balaban J connectivity index is -0.000000183. The molecule has 0 saturated carbocycles. The molecule has 0 aromatic heterocycles. The first-order valence-corrected chi connectivity index (χ1v) is 12.1. The van der Waals surface area contributed by atoms with E-state index in [4.69, 9.17) is 0 Å². The third-order valence-electron chi connectivity index (χ3n) is 4.02. The van der Waals surface area contributed by atoms with Gasteiger partial charge in [0.25, 0.3) is 0 Å². The fourth-order valence-electron chi connectivity index (χ4n) is 2.98. The van der Waals surface area contributed by atoms with E-state index in [0.717, 1.165) is 30.4 Å². The minimum absolute atomic E-state index is 0. The van der Waals surface area contributed by atoms with Crippen LogP contribution in [0.1, 0.15) is 54.4 Å². The van der Waals surface area contributed by atoms with Crippen LogP contribution in [0.4, 0.5) is 0 Å². The van der Waals surface area contributed by atoms with Crippen molar-refractivity contribution in [2.45, 2.75) is 54.4 Å². The number of hydrogen-bond acceptors (Lipinski definition) is 3. The molecule has 0 heterocycles. The molecule has 2 unspecified atom stereocenters. The Labute approximate surface area is 207 Å². The van der Waals surface area contributed by atoms with Crippen molar-refractivity contribution < 1.29 is 38.0 Å². The molecule has 0 aliphatic carbocycles. The highest BCUT2D eigenvalue weighted by Crippen LogP contribution is 2.15. The van der Waals surface area contributed by atoms with E-state index >= 15 is 0 Å². The molecule has 0 saturated heterocycles. The smallest absolute Gasteiger partial charge is 0.138 e. The van der Waals surface area contributed by atoms with Gasteiger partial charge in [-0.3, -0.25) is 9.59 Å². The molecule has 28 heavy (non-hydrogen) atoms. The Bertz CT molecular complexity index is 382. The minimum atomic E-state index is 0. The van der Waals surface area contributed by atoms with E-state index in [1.165, 1.54) is 0 Å². The van der Waals surface area contributed by atoms with Crippen LogP contribution in [0.15, 0.2) is 0 Å². The van der Waals surface area contributed by atoms with Gasteiger partial charge < -0.3 is 33.4 Å². The molecule has 0 aliphatic heterocycles. The van der Waals surface area contributed by atoms with Crippen molar-refractivity contribution in [2.75, 3.05) is 53.3 Å². The monoisotopic (exact) mass is 626 g/mol. The van der Waals surface area contributed by atoms with Crippen molar-refractivity contribution in [3.8, 4) is 0 Å². The summed E-state index contributed by atoms with van der Waals surface area (Å²) in [5.74, 6) is 2.33. The van der Waals surface area contributed by atoms with E-state index < -0.39 is 0 Å². The number of quaternary nitrogens is 1. The molecule has 172 valence electrons. The number of hydrogen-bond donors (Lipinski definition) is 0.